The van der Waals surface area contributed by atoms with Crippen molar-refractivity contribution in [2.24, 2.45) is 0 Å². The third-order valence-electron chi connectivity index (χ3n) is 2.59. The van der Waals surface area contributed by atoms with Crippen LogP contribution in [0.3, 0.4) is 0 Å². The van der Waals surface area contributed by atoms with Crippen molar-refractivity contribution in [3.63, 3.8) is 0 Å². The number of para-hydroxylation sites is 1. The number of urea groups is 1. The van der Waals surface area contributed by atoms with E-state index < -0.39 is 24.0 Å². The van der Waals surface area contributed by atoms with Crippen LogP contribution in [0.4, 0.5) is 10.5 Å². The highest BCUT2D eigenvalue weighted by molar-refractivity contribution is 5.99. The third-order valence-corrected chi connectivity index (χ3v) is 2.59. The smallest absolute Gasteiger partial charge is 0.342 e. The van der Waals surface area contributed by atoms with Gasteiger partial charge < -0.3 is 20.5 Å². The fourth-order valence-electron chi connectivity index (χ4n) is 1.50. The van der Waals surface area contributed by atoms with Gasteiger partial charge in [-0.15, -0.1) is 0 Å². The van der Waals surface area contributed by atoms with E-state index in [1.54, 1.807) is 12.1 Å². The van der Waals surface area contributed by atoms with Crippen molar-refractivity contribution in [3.8, 4) is 5.75 Å². The van der Waals surface area contributed by atoms with Crippen LogP contribution in [-0.2, 0) is 9.53 Å². The molecule has 0 saturated heterocycles. The number of ether oxygens (including phenoxy) is 2. The van der Waals surface area contributed by atoms with Crippen LogP contribution in [0.25, 0.3) is 0 Å². The number of amides is 3. The summed E-state index contributed by atoms with van der Waals surface area (Å²) in [4.78, 5) is 34.6. The van der Waals surface area contributed by atoms with Crippen LogP contribution in [0.15, 0.2) is 18.2 Å². The van der Waals surface area contributed by atoms with Crippen LogP contribution in [0.2, 0.25) is 0 Å². The number of carbonyl (C=O) groups is 3. The lowest BCUT2D eigenvalue weighted by Gasteiger charge is -2.14. The summed E-state index contributed by atoms with van der Waals surface area (Å²) in [7, 11) is 2.72. The Kier molecular flexibility index (Phi) is 5.53. The molecule has 8 nitrogen and oxygen atoms in total. The Balaban J connectivity index is 2.80. The lowest BCUT2D eigenvalue weighted by molar-refractivity contribution is -0.127. The van der Waals surface area contributed by atoms with Crippen LogP contribution in [0.5, 0.6) is 5.75 Å². The molecule has 0 spiro atoms. The molecule has 3 amide bonds. The van der Waals surface area contributed by atoms with Crippen LogP contribution in [-0.4, -0.2) is 38.2 Å². The van der Waals surface area contributed by atoms with Crippen molar-refractivity contribution in [2.75, 3.05) is 19.9 Å². The molecule has 4 N–H and O–H groups in total. The molecule has 1 atom stereocenters. The average molecular weight is 295 g/mol. The van der Waals surface area contributed by atoms with Gasteiger partial charge in [0.2, 0.25) is 0 Å². The van der Waals surface area contributed by atoms with Crippen molar-refractivity contribution >= 4 is 23.6 Å². The highest BCUT2D eigenvalue weighted by Gasteiger charge is 2.23. The van der Waals surface area contributed by atoms with E-state index >= 15 is 0 Å². The summed E-state index contributed by atoms with van der Waals surface area (Å²) >= 11 is 0. The lowest BCUT2D eigenvalue weighted by atomic mass is 10.1. The molecule has 1 rings (SSSR count). The number of hydrogen-bond acceptors (Lipinski definition) is 6. The number of benzene rings is 1. The molecular weight excluding hydrogens is 278 g/mol. The number of nitrogens with two attached hydrogens (primary N) is 1. The van der Waals surface area contributed by atoms with Gasteiger partial charge in [-0.2, -0.15) is 0 Å². The summed E-state index contributed by atoms with van der Waals surface area (Å²) in [5.74, 6) is -1.36. The molecule has 0 aromatic heterocycles. The van der Waals surface area contributed by atoms with E-state index in [2.05, 4.69) is 5.32 Å². The first-order valence-corrected chi connectivity index (χ1v) is 6.06. The van der Waals surface area contributed by atoms with Gasteiger partial charge in [0.1, 0.15) is 5.56 Å². The van der Waals surface area contributed by atoms with Gasteiger partial charge >= 0.3 is 12.0 Å². The Hall–Kier alpha value is -2.77. The number of nitrogen functional groups attached to an aromatic ring is 1. The SMILES string of the molecule is CNC(=O)NC(=O)C(C)OC(=O)c1cccc(N)c1OC. The summed E-state index contributed by atoms with van der Waals surface area (Å²) in [6.07, 6.45) is -1.15. The van der Waals surface area contributed by atoms with Gasteiger partial charge in [-0.05, 0) is 19.1 Å². The van der Waals surface area contributed by atoms with Crippen LogP contribution in [0.1, 0.15) is 17.3 Å². The highest BCUT2D eigenvalue weighted by atomic mass is 16.5. The molecule has 1 unspecified atom stereocenters. The van der Waals surface area contributed by atoms with E-state index in [9.17, 15) is 14.4 Å². The Labute approximate surface area is 121 Å². The van der Waals surface area contributed by atoms with E-state index in [0.717, 1.165) is 0 Å². The zero-order chi connectivity index (χ0) is 16.0. The molecule has 0 bridgehead atoms. The summed E-state index contributed by atoms with van der Waals surface area (Å²) in [5, 5.41) is 4.22. The number of imide groups is 1. The summed E-state index contributed by atoms with van der Waals surface area (Å²) < 4.78 is 10.0. The zero-order valence-corrected chi connectivity index (χ0v) is 11.9. The zero-order valence-electron chi connectivity index (χ0n) is 11.9. The second-order valence-electron chi connectivity index (χ2n) is 4.04. The van der Waals surface area contributed by atoms with E-state index in [-0.39, 0.29) is 17.0 Å². The number of methoxy groups -OCH3 is 1. The summed E-state index contributed by atoms with van der Waals surface area (Å²) in [6, 6.07) is 3.89. The van der Waals surface area contributed by atoms with Crippen LogP contribution in [0, 0.1) is 0 Å². The molecule has 21 heavy (non-hydrogen) atoms. The Morgan fingerprint density at radius 3 is 2.52 bits per heavy atom. The maximum atomic E-state index is 12.0. The van der Waals surface area contributed by atoms with Crippen LogP contribution < -0.4 is 21.1 Å². The second-order valence-corrected chi connectivity index (χ2v) is 4.04. The Bertz CT molecular complexity index is 559. The predicted molar refractivity (Wildman–Crippen MR) is 74.9 cm³/mol. The second kappa shape index (κ2) is 7.13. The summed E-state index contributed by atoms with van der Waals surface area (Å²) in [6.45, 7) is 1.34. The van der Waals surface area contributed by atoms with Gasteiger partial charge in [0.25, 0.3) is 5.91 Å². The largest absolute Gasteiger partial charge is 0.494 e. The summed E-state index contributed by atoms with van der Waals surface area (Å²) in [5.41, 5.74) is 6.05. The molecule has 8 heteroatoms. The molecule has 1 aromatic carbocycles. The molecule has 0 aliphatic rings. The van der Waals surface area contributed by atoms with Gasteiger partial charge in [0.05, 0.1) is 12.8 Å². The normalized spacial score (nSPS) is 11.2. The maximum absolute atomic E-state index is 12.0. The topological polar surface area (TPSA) is 120 Å². The minimum atomic E-state index is -1.15. The van der Waals surface area contributed by atoms with Crippen molar-refractivity contribution < 1.29 is 23.9 Å². The number of carbonyl (C=O) groups excluding carboxylic acids is 3. The van der Waals surface area contributed by atoms with E-state index in [1.807, 2.05) is 5.32 Å². The first kappa shape index (κ1) is 16.3. The average Bonchev–Trinajstić information content (AvgIpc) is 2.46. The van der Waals surface area contributed by atoms with E-state index in [4.69, 9.17) is 15.2 Å². The fourth-order valence-corrected chi connectivity index (χ4v) is 1.50. The van der Waals surface area contributed by atoms with E-state index in [1.165, 1.54) is 27.1 Å². The van der Waals surface area contributed by atoms with Crippen molar-refractivity contribution in [2.45, 2.75) is 13.0 Å². The first-order chi connectivity index (χ1) is 9.90. The monoisotopic (exact) mass is 295 g/mol. The van der Waals surface area contributed by atoms with Crippen molar-refractivity contribution in [1.29, 1.82) is 0 Å². The van der Waals surface area contributed by atoms with Gasteiger partial charge in [-0.1, -0.05) is 6.07 Å². The standard InChI is InChI=1S/C13H17N3O5/c1-7(11(17)16-13(19)15-2)21-12(18)8-5-4-6-9(14)10(8)20-3/h4-7H,14H2,1-3H3,(H2,15,16,17,19). The molecule has 114 valence electrons. The molecule has 0 heterocycles. The minimum Gasteiger partial charge on any atom is -0.494 e. The highest BCUT2D eigenvalue weighted by Crippen LogP contribution is 2.26. The molecule has 0 aliphatic carbocycles. The number of esters is 1. The molecule has 0 fully saturated rings. The third kappa shape index (κ3) is 4.10. The minimum absolute atomic E-state index is 0.0945. The molecule has 0 saturated carbocycles. The first-order valence-electron chi connectivity index (χ1n) is 6.06. The van der Waals surface area contributed by atoms with Crippen molar-refractivity contribution in [3.05, 3.63) is 23.8 Å². The molecule has 0 aliphatic heterocycles. The Morgan fingerprint density at radius 2 is 1.95 bits per heavy atom. The molecule has 0 radical (unpaired) electrons. The maximum Gasteiger partial charge on any atom is 0.342 e. The number of anilines is 1. The number of rotatable bonds is 4. The van der Waals surface area contributed by atoms with Gasteiger partial charge in [0, 0.05) is 7.05 Å². The quantitative estimate of drug-likeness (QED) is 0.542. The number of nitrogens with one attached hydrogen (secondary N) is 2. The fraction of sp³-hybridized carbons (Fsp3) is 0.308. The van der Waals surface area contributed by atoms with Gasteiger partial charge in [-0.3, -0.25) is 10.1 Å². The lowest BCUT2D eigenvalue weighted by Crippen LogP contribution is -2.43. The van der Waals surface area contributed by atoms with Gasteiger partial charge in [0.15, 0.2) is 11.9 Å². The van der Waals surface area contributed by atoms with Gasteiger partial charge in [-0.25, -0.2) is 9.59 Å². The number of hydrogen-bond donors (Lipinski definition) is 3. The van der Waals surface area contributed by atoms with Crippen LogP contribution >= 0.6 is 0 Å². The Morgan fingerprint density at radius 1 is 1.29 bits per heavy atom. The molecule has 1 aromatic rings. The van der Waals surface area contributed by atoms with E-state index in [0.29, 0.717) is 0 Å². The predicted octanol–water partition coefficient (Wildman–Crippen LogP) is 0.278. The molecular formula is C13H17N3O5. The van der Waals surface area contributed by atoms with Crippen molar-refractivity contribution in [1.82, 2.24) is 10.6 Å².